The molecule has 0 amide bonds. The van der Waals surface area contributed by atoms with Gasteiger partial charge in [0, 0.05) is 19.3 Å². The zero-order valence-electron chi connectivity index (χ0n) is 33.6. The lowest BCUT2D eigenvalue weighted by molar-refractivity contribution is -0.902. The summed E-state index contributed by atoms with van der Waals surface area (Å²) in [5.41, 5.74) is 0. The van der Waals surface area contributed by atoms with Gasteiger partial charge in [-0.15, -0.1) is 0 Å². The number of unbranched alkanes of at least 4 members (excludes halogenated alkanes) is 22. The second-order valence-corrected chi connectivity index (χ2v) is 17.4. The minimum atomic E-state index is -4.47. The Morgan fingerprint density at radius 1 is 0.627 bits per heavy atom. The van der Waals surface area contributed by atoms with Gasteiger partial charge in [0.05, 0.1) is 27.2 Å². The molecular weight excluding hydrogens is 669 g/mol. The van der Waals surface area contributed by atoms with Crippen LogP contribution in [0, 0.1) is 0 Å². The van der Waals surface area contributed by atoms with Gasteiger partial charge in [-0.2, -0.15) is 0 Å². The zero-order valence-corrected chi connectivity index (χ0v) is 34.5. The van der Waals surface area contributed by atoms with Crippen LogP contribution in [0.1, 0.15) is 194 Å². The van der Waals surface area contributed by atoms with Gasteiger partial charge in [0.15, 0.2) is 20.0 Å². The number of hydrogen-bond acceptors (Lipinski definition) is 9. The van der Waals surface area contributed by atoms with Crippen LogP contribution >= 0.6 is 7.60 Å². The Hall–Kier alpha value is -1.03. The quantitative estimate of drug-likeness (QED) is 0.0209. The van der Waals surface area contributed by atoms with Crippen LogP contribution in [0.25, 0.3) is 0 Å². The molecule has 0 saturated heterocycles. The largest absolute Gasteiger partial charge is 0.774 e. The Labute approximate surface area is 312 Å². The highest BCUT2D eigenvalue weighted by molar-refractivity contribution is 7.51. The number of quaternary nitrogens is 1. The van der Waals surface area contributed by atoms with Crippen molar-refractivity contribution in [3.05, 3.63) is 0 Å². The van der Waals surface area contributed by atoms with Crippen molar-refractivity contribution in [2.45, 2.75) is 212 Å². The molecular formula is C40H80NO9P. The van der Waals surface area contributed by atoms with E-state index in [0.29, 0.717) is 6.42 Å². The van der Waals surface area contributed by atoms with E-state index in [4.69, 9.17) is 14.0 Å². The zero-order chi connectivity index (χ0) is 38.2. The van der Waals surface area contributed by atoms with Crippen LogP contribution in [0.15, 0.2) is 0 Å². The van der Waals surface area contributed by atoms with Gasteiger partial charge in [-0.1, -0.05) is 155 Å². The van der Waals surface area contributed by atoms with E-state index in [2.05, 4.69) is 13.8 Å². The summed E-state index contributed by atoms with van der Waals surface area (Å²) < 4.78 is 29.4. The number of nitrogens with zero attached hydrogens (tertiary/aromatic N) is 1. The number of aliphatic hydroxyl groups excluding tert-OH is 1. The number of ether oxygens (including phenoxy) is 2. The van der Waals surface area contributed by atoms with Gasteiger partial charge < -0.3 is 38.2 Å². The molecule has 304 valence electrons. The van der Waals surface area contributed by atoms with Gasteiger partial charge in [-0.05, 0) is 19.8 Å². The van der Waals surface area contributed by atoms with Crippen molar-refractivity contribution < 1.29 is 47.7 Å². The van der Waals surface area contributed by atoms with E-state index in [1.807, 2.05) is 0 Å². The smallest absolute Gasteiger partial charge is 0.306 e. The molecule has 0 saturated carbocycles. The predicted molar refractivity (Wildman–Crippen MR) is 205 cm³/mol. The van der Waals surface area contributed by atoms with Crippen molar-refractivity contribution in [2.24, 2.45) is 0 Å². The Morgan fingerprint density at radius 3 is 1.39 bits per heavy atom. The topological polar surface area (TPSA) is 142 Å². The van der Waals surface area contributed by atoms with E-state index in [9.17, 15) is 29.3 Å². The first-order valence-electron chi connectivity index (χ1n) is 20.8. The summed E-state index contributed by atoms with van der Waals surface area (Å²) in [6, 6.07) is 0. The molecule has 2 N–H and O–H groups in total. The number of hydrogen-bond donors (Lipinski definition) is 2. The molecule has 0 heterocycles. The highest BCUT2D eigenvalue weighted by Gasteiger charge is 2.35. The Kier molecular flexibility index (Phi) is 31.8. The summed E-state index contributed by atoms with van der Waals surface area (Å²) in [6.07, 6.45) is 26.5. The van der Waals surface area contributed by atoms with Crippen LogP contribution in [-0.4, -0.2) is 78.7 Å². The van der Waals surface area contributed by atoms with Gasteiger partial charge in [-0.3, -0.25) is 9.59 Å². The summed E-state index contributed by atoms with van der Waals surface area (Å²) in [5.74, 6) is -1.86. The Balaban J connectivity index is 4.65. The highest BCUT2D eigenvalue weighted by atomic mass is 31.2. The first-order chi connectivity index (χ1) is 24.4. The van der Waals surface area contributed by atoms with Gasteiger partial charge in [0.1, 0.15) is 12.4 Å². The van der Waals surface area contributed by atoms with Gasteiger partial charge >= 0.3 is 11.9 Å². The third kappa shape index (κ3) is 30.0. The highest BCUT2D eigenvalue weighted by Crippen LogP contribution is 2.46. The monoisotopic (exact) mass is 750 g/mol. The number of rotatable bonds is 37. The minimum absolute atomic E-state index is 0.00575. The molecule has 51 heavy (non-hydrogen) atoms. The second-order valence-electron chi connectivity index (χ2n) is 15.3. The SMILES string of the molecule is CCCCCCCCCCCCCCCCCC(=O)O[C@H](COC(=O)CCCCCCCCCCC)COP(=O)([O-])C(C)[N+](C)(C)CCC(O)O. The van der Waals surface area contributed by atoms with Crippen molar-refractivity contribution in [1.29, 1.82) is 0 Å². The van der Waals surface area contributed by atoms with Crippen LogP contribution in [-0.2, 0) is 28.2 Å². The molecule has 0 rings (SSSR count). The Morgan fingerprint density at radius 2 is 1.00 bits per heavy atom. The maximum absolute atomic E-state index is 13.1. The molecule has 0 aromatic carbocycles. The number of carbonyl (C=O) groups is 2. The molecule has 2 unspecified atom stereocenters. The van der Waals surface area contributed by atoms with Crippen molar-refractivity contribution in [3.63, 3.8) is 0 Å². The molecule has 0 radical (unpaired) electrons. The van der Waals surface area contributed by atoms with Gasteiger partial charge in [0.25, 0.3) is 0 Å². The first kappa shape index (κ1) is 50.0. The normalized spacial score (nSPS) is 14.4. The molecule has 11 heteroatoms. The summed E-state index contributed by atoms with van der Waals surface area (Å²) in [7, 11) is -1.13. The van der Waals surface area contributed by atoms with Crippen LogP contribution in [0.2, 0.25) is 0 Å². The third-order valence-electron chi connectivity index (χ3n) is 10.1. The van der Waals surface area contributed by atoms with Crippen molar-refractivity contribution in [1.82, 2.24) is 0 Å². The van der Waals surface area contributed by atoms with Crippen LogP contribution < -0.4 is 4.89 Å². The lowest BCUT2D eigenvalue weighted by Crippen LogP contribution is -2.50. The third-order valence-corrected chi connectivity index (χ3v) is 12.1. The van der Waals surface area contributed by atoms with Crippen molar-refractivity contribution in [2.75, 3.05) is 33.9 Å². The summed E-state index contributed by atoms with van der Waals surface area (Å²) in [5, 5.41) is 18.5. The predicted octanol–water partition coefficient (Wildman–Crippen LogP) is 9.32. The molecule has 0 aliphatic rings. The second kappa shape index (κ2) is 32.4. The lowest BCUT2D eigenvalue weighted by Gasteiger charge is -2.42. The first-order valence-corrected chi connectivity index (χ1v) is 22.5. The maximum Gasteiger partial charge on any atom is 0.306 e. The van der Waals surface area contributed by atoms with Gasteiger partial charge in [0.2, 0.25) is 0 Å². The minimum Gasteiger partial charge on any atom is -0.774 e. The molecule has 0 bridgehead atoms. The van der Waals surface area contributed by atoms with E-state index in [1.54, 1.807) is 14.1 Å². The number of aliphatic hydroxyl groups is 2. The fourth-order valence-electron chi connectivity index (χ4n) is 6.15. The van der Waals surface area contributed by atoms with E-state index in [-0.39, 0.29) is 36.9 Å². The fourth-order valence-corrected chi connectivity index (χ4v) is 7.62. The molecule has 0 aliphatic heterocycles. The van der Waals surface area contributed by atoms with Gasteiger partial charge in [-0.25, -0.2) is 0 Å². The van der Waals surface area contributed by atoms with E-state index in [1.165, 1.54) is 110 Å². The Bertz CT molecular complexity index is 886. The molecule has 0 spiro atoms. The average molecular weight is 750 g/mol. The molecule has 10 nitrogen and oxygen atoms in total. The van der Waals surface area contributed by atoms with Crippen LogP contribution in [0.3, 0.4) is 0 Å². The summed E-state index contributed by atoms with van der Waals surface area (Å²) in [6.45, 7) is 5.43. The molecule has 0 fully saturated rings. The standard InChI is InChI=1S/C40H80NO9P/c1-6-8-10-12-14-16-17-18-19-20-21-23-25-27-29-31-40(45)50-37(34-48-39(44)30-28-26-24-22-15-13-11-9-7-2)35-49-51(46,47)36(3)41(4,5)33-32-38(42)43/h36-38,42-43H,6-35H2,1-5H3/t36?,37-/m1/s1. The van der Waals surface area contributed by atoms with Crippen LogP contribution in [0.5, 0.6) is 0 Å². The number of carbonyl (C=O) groups excluding carboxylic acids is 2. The van der Waals surface area contributed by atoms with Crippen LogP contribution in [0.4, 0.5) is 0 Å². The van der Waals surface area contributed by atoms with E-state index >= 15 is 0 Å². The van der Waals surface area contributed by atoms with Crippen molar-refractivity contribution in [3.8, 4) is 0 Å². The molecule has 3 atom stereocenters. The maximum atomic E-state index is 13.1. The average Bonchev–Trinajstić information content (AvgIpc) is 3.09. The summed E-state index contributed by atoms with van der Waals surface area (Å²) in [4.78, 5) is 38.3. The molecule has 0 aromatic rings. The lowest BCUT2D eigenvalue weighted by atomic mass is 10.0. The fraction of sp³-hybridized carbons (Fsp3) is 0.950. The molecule has 0 aliphatic carbocycles. The summed E-state index contributed by atoms with van der Waals surface area (Å²) >= 11 is 0. The van der Waals surface area contributed by atoms with E-state index < -0.39 is 44.3 Å². The molecule has 0 aromatic heterocycles. The van der Waals surface area contributed by atoms with Crippen molar-refractivity contribution >= 4 is 19.5 Å². The number of esters is 2. The van der Waals surface area contributed by atoms with E-state index in [0.717, 1.165) is 44.9 Å².